The van der Waals surface area contributed by atoms with Crippen molar-refractivity contribution < 1.29 is 0 Å². The van der Waals surface area contributed by atoms with E-state index in [0.29, 0.717) is 10.8 Å². The minimum absolute atomic E-state index is 0.588. The van der Waals surface area contributed by atoms with Crippen LogP contribution in [0.5, 0.6) is 0 Å². The monoisotopic (exact) mass is 257 g/mol. The van der Waals surface area contributed by atoms with Gasteiger partial charge in [-0.2, -0.15) is 0 Å². The molecule has 0 amide bonds. The van der Waals surface area contributed by atoms with Crippen molar-refractivity contribution in [3.63, 3.8) is 0 Å². The van der Waals surface area contributed by atoms with Crippen LogP contribution in [0.15, 0.2) is 11.6 Å². The minimum atomic E-state index is 0.588. The lowest BCUT2D eigenvalue weighted by Gasteiger charge is -2.57. The normalized spacial score (nSPS) is 52.9. The van der Waals surface area contributed by atoms with Gasteiger partial charge in [-0.15, -0.1) is 0 Å². The van der Waals surface area contributed by atoms with Crippen LogP contribution < -0.4 is 0 Å². The molecule has 3 saturated carbocycles. The van der Waals surface area contributed by atoms with Crippen LogP contribution >= 0.6 is 0 Å². The number of hydrogen-bond donors (Lipinski definition) is 0. The first-order chi connectivity index (χ1) is 9.13. The molecule has 4 aliphatic rings. The Kier molecular flexibility index (Phi) is 2.71. The van der Waals surface area contributed by atoms with E-state index in [9.17, 15) is 0 Å². The van der Waals surface area contributed by atoms with Crippen molar-refractivity contribution in [3.8, 4) is 0 Å². The van der Waals surface area contributed by atoms with E-state index in [2.05, 4.69) is 26.3 Å². The summed E-state index contributed by atoms with van der Waals surface area (Å²) < 4.78 is 0. The molecule has 0 aromatic carbocycles. The molecule has 105 valence electrons. The van der Waals surface area contributed by atoms with Crippen molar-refractivity contribution in [1.82, 2.24) is 0 Å². The summed E-state index contributed by atoms with van der Waals surface area (Å²) in [7, 11) is 0. The molecule has 0 unspecified atom stereocenters. The Balaban J connectivity index is 1.69. The van der Waals surface area contributed by atoms with Gasteiger partial charge in [0.15, 0.2) is 0 Å². The van der Waals surface area contributed by atoms with Gasteiger partial charge in [0.05, 0.1) is 0 Å². The zero-order chi connectivity index (χ0) is 13.1. The molecule has 0 aliphatic heterocycles. The van der Waals surface area contributed by atoms with Gasteiger partial charge in [0, 0.05) is 0 Å². The predicted molar refractivity (Wildman–Crippen MR) is 80.6 cm³/mol. The van der Waals surface area contributed by atoms with Crippen molar-refractivity contribution >= 4 is 0 Å². The summed E-state index contributed by atoms with van der Waals surface area (Å²) in [6.07, 6.45) is 18.4. The maximum absolute atomic E-state index is 2.68. The third kappa shape index (κ3) is 1.64. The fourth-order valence-corrected chi connectivity index (χ4v) is 6.49. The van der Waals surface area contributed by atoms with Crippen LogP contribution in [0.25, 0.3) is 0 Å². The molecule has 0 aromatic heterocycles. The standard InChI is InChI=1S/C19H29/c1-18-11-5-7-16(18)15-9-8-14-6-3-4-12-19(14,2)17(15)10-13-18/h6,11,15-17H,3-5,7-10,12-13H2,1-2H3/t15-,16-,17-,18-,19-/m0/s1. The molecule has 0 spiro atoms. The maximum Gasteiger partial charge on any atom is -0.00853 e. The Hall–Kier alpha value is -0.260. The zero-order valence-electron chi connectivity index (χ0n) is 12.8. The molecule has 3 fully saturated rings. The molecule has 19 heavy (non-hydrogen) atoms. The Bertz CT molecular complexity index is 406. The summed E-state index contributed by atoms with van der Waals surface area (Å²) in [5, 5.41) is 0. The van der Waals surface area contributed by atoms with E-state index in [1.165, 1.54) is 57.8 Å². The fourth-order valence-electron chi connectivity index (χ4n) is 6.49. The second-order valence-corrected chi connectivity index (χ2v) is 8.28. The van der Waals surface area contributed by atoms with Crippen LogP contribution in [0.2, 0.25) is 0 Å². The number of fused-ring (bicyclic) bond motifs is 5. The molecule has 0 aromatic rings. The van der Waals surface area contributed by atoms with E-state index in [4.69, 9.17) is 0 Å². The number of hydrogen-bond acceptors (Lipinski definition) is 0. The highest BCUT2D eigenvalue weighted by atomic mass is 14.6. The van der Waals surface area contributed by atoms with Gasteiger partial charge in [0.1, 0.15) is 0 Å². The highest BCUT2D eigenvalue weighted by molar-refractivity contribution is 5.24. The molecule has 0 heterocycles. The molecule has 0 bridgehead atoms. The molecule has 0 nitrogen and oxygen atoms in total. The summed E-state index contributed by atoms with van der Waals surface area (Å²) in [4.78, 5) is 0. The summed E-state index contributed by atoms with van der Waals surface area (Å²) in [5.74, 6) is 3.07. The summed E-state index contributed by atoms with van der Waals surface area (Å²) >= 11 is 0. The number of allylic oxidation sites excluding steroid dienone is 2. The molecule has 0 saturated heterocycles. The highest BCUT2D eigenvalue weighted by Gasteiger charge is 2.55. The van der Waals surface area contributed by atoms with Gasteiger partial charge in [0.2, 0.25) is 0 Å². The first-order valence-corrected chi connectivity index (χ1v) is 8.67. The molecule has 0 N–H and O–H groups in total. The second kappa shape index (κ2) is 4.12. The summed E-state index contributed by atoms with van der Waals surface area (Å²) in [5.41, 5.74) is 3.05. The van der Waals surface area contributed by atoms with Crippen molar-refractivity contribution in [3.05, 3.63) is 18.1 Å². The molecule has 4 rings (SSSR count). The van der Waals surface area contributed by atoms with Crippen molar-refractivity contribution in [2.45, 2.75) is 71.6 Å². The lowest BCUT2D eigenvalue weighted by Crippen LogP contribution is -2.48. The molecular formula is C19H29. The number of rotatable bonds is 0. The van der Waals surface area contributed by atoms with Crippen molar-refractivity contribution in [2.24, 2.45) is 28.6 Å². The van der Waals surface area contributed by atoms with Crippen LogP contribution in [0.4, 0.5) is 0 Å². The third-order valence-corrected chi connectivity index (χ3v) is 7.55. The average Bonchev–Trinajstić information content (AvgIpc) is 2.79. The third-order valence-electron chi connectivity index (χ3n) is 7.55. The van der Waals surface area contributed by atoms with Gasteiger partial charge in [-0.1, -0.05) is 25.5 Å². The van der Waals surface area contributed by atoms with Crippen LogP contribution in [0.1, 0.15) is 71.6 Å². The molecule has 4 aliphatic carbocycles. The second-order valence-electron chi connectivity index (χ2n) is 8.28. The zero-order valence-corrected chi connectivity index (χ0v) is 12.8. The first kappa shape index (κ1) is 12.5. The lowest BCUT2D eigenvalue weighted by molar-refractivity contribution is -0.0264. The topological polar surface area (TPSA) is 0 Å². The van der Waals surface area contributed by atoms with E-state index >= 15 is 0 Å². The van der Waals surface area contributed by atoms with Gasteiger partial charge in [-0.05, 0) is 92.8 Å². The van der Waals surface area contributed by atoms with Crippen LogP contribution in [0.3, 0.4) is 0 Å². The Morgan fingerprint density at radius 1 is 1.00 bits per heavy atom. The van der Waals surface area contributed by atoms with Gasteiger partial charge in [-0.3, -0.25) is 0 Å². The molecule has 5 atom stereocenters. The van der Waals surface area contributed by atoms with Gasteiger partial charge in [-0.25, -0.2) is 0 Å². The molecule has 0 heteroatoms. The van der Waals surface area contributed by atoms with Gasteiger partial charge >= 0.3 is 0 Å². The Morgan fingerprint density at radius 2 is 1.89 bits per heavy atom. The molecule has 1 radical (unpaired) electrons. The quantitative estimate of drug-likeness (QED) is 0.499. The maximum atomic E-state index is 2.68. The van der Waals surface area contributed by atoms with E-state index in [1.54, 1.807) is 0 Å². The fraction of sp³-hybridized carbons (Fsp3) is 0.842. The van der Waals surface area contributed by atoms with E-state index in [-0.39, 0.29) is 0 Å². The van der Waals surface area contributed by atoms with Crippen molar-refractivity contribution in [2.75, 3.05) is 0 Å². The minimum Gasteiger partial charge on any atom is -0.0848 e. The van der Waals surface area contributed by atoms with Gasteiger partial charge < -0.3 is 0 Å². The smallest absolute Gasteiger partial charge is 0.00853 e. The molecular weight excluding hydrogens is 228 g/mol. The van der Waals surface area contributed by atoms with Crippen LogP contribution in [0, 0.1) is 35.0 Å². The predicted octanol–water partition coefficient (Wildman–Crippen LogP) is 5.54. The van der Waals surface area contributed by atoms with Crippen molar-refractivity contribution in [1.29, 1.82) is 0 Å². The van der Waals surface area contributed by atoms with Gasteiger partial charge in [0.25, 0.3) is 0 Å². The first-order valence-electron chi connectivity index (χ1n) is 8.67. The Morgan fingerprint density at radius 3 is 2.79 bits per heavy atom. The Labute approximate surface area is 119 Å². The highest BCUT2D eigenvalue weighted by Crippen LogP contribution is 2.64. The van der Waals surface area contributed by atoms with E-state index in [1.807, 2.05) is 5.57 Å². The SMILES string of the molecule is C[C@@]12[CH]CC[C@H]1[C@@H]1CCC3=CCCC[C@]3(C)[C@H]1CC2. The lowest BCUT2D eigenvalue weighted by atomic mass is 9.47. The summed E-state index contributed by atoms with van der Waals surface area (Å²) in [6, 6.07) is 0. The van der Waals surface area contributed by atoms with Crippen LogP contribution in [-0.4, -0.2) is 0 Å². The average molecular weight is 257 g/mol. The summed E-state index contributed by atoms with van der Waals surface area (Å²) in [6.45, 7) is 5.19. The van der Waals surface area contributed by atoms with Crippen LogP contribution in [-0.2, 0) is 0 Å². The van der Waals surface area contributed by atoms with E-state index in [0.717, 1.165) is 17.8 Å². The van der Waals surface area contributed by atoms with E-state index < -0.39 is 0 Å². The largest absolute Gasteiger partial charge is 0.0848 e.